The van der Waals surface area contributed by atoms with E-state index in [2.05, 4.69) is 0 Å². The summed E-state index contributed by atoms with van der Waals surface area (Å²) in [5, 5.41) is 0. The zero-order chi connectivity index (χ0) is 15.2. The first kappa shape index (κ1) is 16.9. The van der Waals surface area contributed by atoms with Crippen LogP contribution < -0.4 is 5.73 Å². The zero-order valence-electron chi connectivity index (χ0n) is 12.4. The molecule has 1 aromatic rings. The fourth-order valence-electron chi connectivity index (χ4n) is 1.95. The van der Waals surface area contributed by atoms with Gasteiger partial charge in [0.05, 0.1) is 5.75 Å². The molecule has 20 heavy (non-hydrogen) atoms. The molecule has 0 fully saturated rings. The van der Waals surface area contributed by atoms with E-state index in [-0.39, 0.29) is 11.8 Å². The Morgan fingerprint density at radius 3 is 2.50 bits per heavy atom. The van der Waals surface area contributed by atoms with Gasteiger partial charge < -0.3 is 10.5 Å². The van der Waals surface area contributed by atoms with Gasteiger partial charge in [0.15, 0.2) is 0 Å². The van der Waals surface area contributed by atoms with Gasteiger partial charge in [-0.25, -0.2) is 8.42 Å². The number of hydrogen-bond acceptors (Lipinski definition) is 4. The summed E-state index contributed by atoms with van der Waals surface area (Å²) >= 11 is 0. The zero-order valence-corrected chi connectivity index (χ0v) is 13.2. The number of anilines is 1. The van der Waals surface area contributed by atoms with Crippen molar-refractivity contribution in [2.45, 2.75) is 32.9 Å². The monoisotopic (exact) mass is 300 g/mol. The van der Waals surface area contributed by atoms with Crippen molar-refractivity contribution in [2.24, 2.45) is 0 Å². The Balaban J connectivity index is 2.87. The maximum absolute atomic E-state index is 12.4. The summed E-state index contributed by atoms with van der Waals surface area (Å²) < 4.78 is 31.2. The van der Waals surface area contributed by atoms with Crippen molar-refractivity contribution in [3.63, 3.8) is 0 Å². The third kappa shape index (κ3) is 4.77. The first-order valence-electron chi connectivity index (χ1n) is 6.70. The minimum atomic E-state index is -3.31. The van der Waals surface area contributed by atoms with E-state index in [4.69, 9.17) is 10.5 Å². The normalized spacial score (nSPS) is 12.2. The number of nitrogens with zero attached hydrogens (tertiary/aromatic N) is 1. The molecular weight excluding hydrogens is 276 g/mol. The summed E-state index contributed by atoms with van der Waals surface area (Å²) in [6.45, 7) is 4.48. The summed E-state index contributed by atoms with van der Waals surface area (Å²) in [4.78, 5) is 0. The molecule has 0 amide bonds. The predicted molar refractivity (Wildman–Crippen MR) is 81.8 cm³/mol. The Hall–Kier alpha value is -1.11. The van der Waals surface area contributed by atoms with Crippen LogP contribution in [0, 0.1) is 0 Å². The summed E-state index contributed by atoms with van der Waals surface area (Å²) in [5.74, 6) is 0.0890. The van der Waals surface area contributed by atoms with Gasteiger partial charge >= 0.3 is 0 Å². The number of sulfonamides is 1. The Morgan fingerprint density at radius 1 is 1.30 bits per heavy atom. The molecule has 1 rings (SSSR count). The first-order valence-corrected chi connectivity index (χ1v) is 8.31. The molecule has 0 aliphatic rings. The number of ether oxygens (including phenoxy) is 1. The number of nitrogen functional groups attached to an aromatic ring is 1. The maximum atomic E-state index is 12.4. The Bertz CT molecular complexity index is 515. The lowest BCUT2D eigenvalue weighted by molar-refractivity contribution is 0.199. The van der Waals surface area contributed by atoms with Gasteiger partial charge in [-0.05, 0) is 31.9 Å². The number of hydrogen-bond donors (Lipinski definition) is 1. The van der Waals surface area contributed by atoms with Gasteiger partial charge in [-0.2, -0.15) is 4.31 Å². The molecule has 5 nitrogen and oxygen atoms in total. The molecule has 0 bridgehead atoms. The molecule has 114 valence electrons. The van der Waals surface area contributed by atoms with Crippen LogP contribution >= 0.6 is 0 Å². The Morgan fingerprint density at radius 2 is 1.95 bits per heavy atom. The second-order valence-corrected chi connectivity index (χ2v) is 7.04. The van der Waals surface area contributed by atoms with Gasteiger partial charge in [0.1, 0.15) is 0 Å². The number of methoxy groups -OCH3 is 1. The third-order valence-corrected chi connectivity index (χ3v) is 5.14. The van der Waals surface area contributed by atoms with Crippen molar-refractivity contribution in [1.29, 1.82) is 0 Å². The number of para-hydroxylation sites is 1. The highest BCUT2D eigenvalue weighted by atomic mass is 32.2. The first-order chi connectivity index (χ1) is 9.38. The fraction of sp³-hybridized carbons (Fsp3) is 0.571. The summed E-state index contributed by atoms with van der Waals surface area (Å²) in [6, 6.07) is 7.23. The average Bonchev–Trinajstić information content (AvgIpc) is 2.37. The largest absolute Gasteiger partial charge is 0.398 e. The molecule has 0 radical (unpaired) electrons. The molecule has 1 aromatic carbocycles. The van der Waals surface area contributed by atoms with Crippen molar-refractivity contribution in [3.05, 3.63) is 29.8 Å². The van der Waals surface area contributed by atoms with Crippen LogP contribution in [0.5, 0.6) is 0 Å². The minimum Gasteiger partial charge on any atom is -0.398 e. The van der Waals surface area contributed by atoms with E-state index in [0.29, 0.717) is 25.3 Å². The molecule has 0 aromatic heterocycles. The second kappa shape index (κ2) is 7.61. The van der Waals surface area contributed by atoms with Gasteiger partial charge in [-0.3, -0.25) is 0 Å². The van der Waals surface area contributed by atoms with Gasteiger partial charge in [0.2, 0.25) is 10.0 Å². The minimum absolute atomic E-state index is 0.0890. The third-order valence-electron chi connectivity index (χ3n) is 3.07. The van der Waals surface area contributed by atoms with Crippen LogP contribution in [0.4, 0.5) is 5.69 Å². The number of rotatable bonds is 8. The predicted octanol–water partition coefficient (Wildman–Crippen LogP) is 1.85. The van der Waals surface area contributed by atoms with E-state index >= 15 is 0 Å². The van der Waals surface area contributed by atoms with E-state index in [9.17, 15) is 8.42 Å². The standard InChI is InChI=1S/C14H24N2O3S/c1-12(2)16(20(17,18)10-6-9-19-3)11-13-7-4-5-8-14(13)15/h4-5,7-8,12H,6,9-11,15H2,1-3H3. The van der Waals surface area contributed by atoms with Gasteiger partial charge in [0, 0.05) is 32.0 Å². The van der Waals surface area contributed by atoms with Crippen LogP contribution in [-0.4, -0.2) is 38.2 Å². The van der Waals surface area contributed by atoms with E-state index in [1.54, 1.807) is 13.2 Å². The summed E-state index contributed by atoms with van der Waals surface area (Å²) in [5.41, 5.74) is 7.34. The molecule has 0 saturated heterocycles. The van der Waals surface area contributed by atoms with Gasteiger partial charge in [-0.1, -0.05) is 18.2 Å². The van der Waals surface area contributed by atoms with Gasteiger partial charge in [-0.15, -0.1) is 0 Å². The van der Waals surface area contributed by atoms with Gasteiger partial charge in [0.25, 0.3) is 0 Å². The molecule has 0 spiro atoms. The average molecular weight is 300 g/mol. The molecule has 0 unspecified atom stereocenters. The molecule has 6 heteroatoms. The van der Waals surface area contributed by atoms with Crippen molar-refractivity contribution < 1.29 is 13.2 Å². The van der Waals surface area contributed by atoms with E-state index in [0.717, 1.165) is 5.56 Å². The lowest BCUT2D eigenvalue weighted by atomic mass is 10.2. The van der Waals surface area contributed by atoms with Crippen LogP contribution in [0.2, 0.25) is 0 Å². The highest BCUT2D eigenvalue weighted by Crippen LogP contribution is 2.18. The topological polar surface area (TPSA) is 72.6 Å². The highest BCUT2D eigenvalue weighted by Gasteiger charge is 2.25. The number of benzene rings is 1. The Labute approximate surface area is 121 Å². The van der Waals surface area contributed by atoms with Crippen LogP contribution in [0.25, 0.3) is 0 Å². The molecule has 0 saturated carbocycles. The van der Waals surface area contributed by atoms with Crippen LogP contribution in [0.1, 0.15) is 25.8 Å². The molecule has 0 atom stereocenters. The highest BCUT2D eigenvalue weighted by molar-refractivity contribution is 7.89. The number of nitrogens with two attached hydrogens (primary N) is 1. The van der Waals surface area contributed by atoms with Crippen molar-refractivity contribution >= 4 is 15.7 Å². The van der Waals surface area contributed by atoms with E-state index in [1.807, 2.05) is 32.0 Å². The molecular formula is C14H24N2O3S. The van der Waals surface area contributed by atoms with Crippen molar-refractivity contribution in [1.82, 2.24) is 4.31 Å². The Kier molecular flexibility index (Phi) is 6.45. The smallest absolute Gasteiger partial charge is 0.214 e. The van der Waals surface area contributed by atoms with E-state index < -0.39 is 10.0 Å². The molecule has 0 heterocycles. The van der Waals surface area contributed by atoms with Crippen LogP contribution in [-0.2, 0) is 21.3 Å². The maximum Gasteiger partial charge on any atom is 0.214 e. The quantitative estimate of drug-likeness (QED) is 0.587. The SMILES string of the molecule is COCCCS(=O)(=O)N(Cc1ccccc1N)C(C)C. The second-order valence-electron chi connectivity index (χ2n) is 5.00. The van der Waals surface area contributed by atoms with Crippen molar-refractivity contribution in [3.8, 4) is 0 Å². The van der Waals surface area contributed by atoms with Crippen LogP contribution in [0.3, 0.4) is 0 Å². The lowest BCUT2D eigenvalue weighted by Gasteiger charge is -2.26. The lowest BCUT2D eigenvalue weighted by Crippen LogP contribution is -2.38. The van der Waals surface area contributed by atoms with Crippen molar-refractivity contribution in [2.75, 3.05) is 25.2 Å². The molecule has 2 N–H and O–H groups in total. The summed E-state index contributed by atoms with van der Waals surface area (Å²) in [6.07, 6.45) is 0.492. The van der Waals surface area contributed by atoms with E-state index in [1.165, 1.54) is 4.31 Å². The van der Waals surface area contributed by atoms with Crippen LogP contribution in [0.15, 0.2) is 24.3 Å². The molecule has 0 aliphatic heterocycles. The fourth-order valence-corrected chi connectivity index (χ4v) is 3.65. The summed E-state index contributed by atoms with van der Waals surface area (Å²) in [7, 11) is -1.74. The molecule has 0 aliphatic carbocycles.